The Balaban J connectivity index is 4.07. The minimum absolute atomic E-state index is 0.0295. The van der Waals surface area contributed by atoms with Gasteiger partial charge in [-0.25, -0.2) is 0 Å². The summed E-state index contributed by atoms with van der Waals surface area (Å²) in [7, 11) is 6.00. The van der Waals surface area contributed by atoms with Crippen LogP contribution in [0.3, 0.4) is 0 Å². The van der Waals surface area contributed by atoms with Crippen LogP contribution >= 0.6 is 0 Å². The summed E-state index contributed by atoms with van der Waals surface area (Å²) in [4.78, 5) is 14.0. The Morgan fingerprint density at radius 2 is 1.76 bits per heavy atom. The third kappa shape index (κ3) is 7.34. The van der Waals surface area contributed by atoms with Gasteiger partial charge in [-0.05, 0) is 33.5 Å². The summed E-state index contributed by atoms with van der Waals surface area (Å²) in [5.74, 6) is 0.811. The standard InChI is InChI=1S/C13H29N3O/c1-10(2)7-12(16(5)6)9-15-13(17)11(3)8-14-4/h10-12,14H,7-9H2,1-6H3,(H,15,17). The van der Waals surface area contributed by atoms with E-state index in [-0.39, 0.29) is 11.8 Å². The second-order valence-corrected chi connectivity index (χ2v) is 5.45. The molecule has 2 N–H and O–H groups in total. The summed E-state index contributed by atoms with van der Waals surface area (Å²) in [5.41, 5.74) is 0. The summed E-state index contributed by atoms with van der Waals surface area (Å²) in [6.45, 7) is 7.82. The first-order valence-corrected chi connectivity index (χ1v) is 6.47. The number of carbonyl (C=O) groups excluding carboxylic acids is 1. The molecule has 0 fully saturated rings. The highest BCUT2D eigenvalue weighted by molar-refractivity contribution is 5.78. The van der Waals surface area contributed by atoms with Crippen LogP contribution in [0.2, 0.25) is 0 Å². The molecule has 0 saturated heterocycles. The van der Waals surface area contributed by atoms with Crippen LogP contribution in [-0.4, -0.2) is 51.1 Å². The molecule has 17 heavy (non-hydrogen) atoms. The van der Waals surface area contributed by atoms with Crippen LogP contribution in [0.5, 0.6) is 0 Å². The molecular weight excluding hydrogens is 214 g/mol. The fourth-order valence-corrected chi connectivity index (χ4v) is 1.81. The zero-order valence-electron chi connectivity index (χ0n) is 12.2. The molecule has 2 atom stereocenters. The van der Waals surface area contributed by atoms with Crippen molar-refractivity contribution in [2.45, 2.75) is 33.2 Å². The fourth-order valence-electron chi connectivity index (χ4n) is 1.81. The first kappa shape index (κ1) is 16.4. The van der Waals surface area contributed by atoms with Crippen molar-refractivity contribution in [3.63, 3.8) is 0 Å². The normalized spacial score (nSPS) is 15.1. The van der Waals surface area contributed by atoms with Crippen molar-refractivity contribution in [2.75, 3.05) is 34.2 Å². The Morgan fingerprint density at radius 1 is 1.18 bits per heavy atom. The minimum Gasteiger partial charge on any atom is -0.354 e. The Morgan fingerprint density at radius 3 is 2.18 bits per heavy atom. The molecule has 4 nitrogen and oxygen atoms in total. The molecule has 0 saturated carbocycles. The summed E-state index contributed by atoms with van der Waals surface area (Å²) in [6, 6.07) is 0.417. The molecule has 0 rings (SSSR count). The molecule has 0 aliphatic rings. The highest BCUT2D eigenvalue weighted by Crippen LogP contribution is 2.08. The Labute approximate surface area is 106 Å². The van der Waals surface area contributed by atoms with Gasteiger partial charge in [-0.15, -0.1) is 0 Å². The van der Waals surface area contributed by atoms with E-state index in [4.69, 9.17) is 0 Å². The van der Waals surface area contributed by atoms with E-state index in [0.29, 0.717) is 12.0 Å². The van der Waals surface area contributed by atoms with E-state index < -0.39 is 0 Å². The van der Waals surface area contributed by atoms with Gasteiger partial charge in [0, 0.05) is 25.0 Å². The third-order valence-corrected chi connectivity index (χ3v) is 2.94. The highest BCUT2D eigenvalue weighted by Gasteiger charge is 2.16. The van der Waals surface area contributed by atoms with E-state index in [9.17, 15) is 4.79 Å². The quantitative estimate of drug-likeness (QED) is 0.667. The number of amides is 1. The molecule has 4 heteroatoms. The second kappa shape index (κ2) is 8.48. The van der Waals surface area contributed by atoms with E-state index in [1.54, 1.807) is 0 Å². The lowest BCUT2D eigenvalue weighted by Crippen LogP contribution is -2.43. The van der Waals surface area contributed by atoms with E-state index >= 15 is 0 Å². The van der Waals surface area contributed by atoms with E-state index in [1.165, 1.54) is 0 Å². The maximum Gasteiger partial charge on any atom is 0.224 e. The highest BCUT2D eigenvalue weighted by atomic mass is 16.1. The number of rotatable bonds is 8. The van der Waals surface area contributed by atoms with E-state index in [1.807, 2.05) is 14.0 Å². The van der Waals surface area contributed by atoms with Gasteiger partial charge in [0.2, 0.25) is 5.91 Å². The average Bonchev–Trinajstić information content (AvgIpc) is 2.23. The van der Waals surface area contributed by atoms with Gasteiger partial charge in [0.25, 0.3) is 0 Å². The van der Waals surface area contributed by atoms with Gasteiger partial charge in [-0.2, -0.15) is 0 Å². The van der Waals surface area contributed by atoms with Gasteiger partial charge in [-0.3, -0.25) is 4.79 Å². The van der Waals surface area contributed by atoms with Crippen LogP contribution in [0.1, 0.15) is 27.2 Å². The summed E-state index contributed by atoms with van der Waals surface area (Å²) in [5, 5.41) is 6.05. The maximum absolute atomic E-state index is 11.8. The van der Waals surface area contributed by atoms with Crippen LogP contribution in [0.15, 0.2) is 0 Å². The van der Waals surface area contributed by atoms with Crippen molar-refractivity contribution in [3.05, 3.63) is 0 Å². The zero-order chi connectivity index (χ0) is 13.4. The SMILES string of the molecule is CNCC(C)C(=O)NCC(CC(C)C)N(C)C. The van der Waals surface area contributed by atoms with Crippen LogP contribution in [0.4, 0.5) is 0 Å². The molecule has 0 aliphatic carbocycles. The van der Waals surface area contributed by atoms with Gasteiger partial charge < -0.3 is 15.5 Å². The lowest BCUT2D eigenvalue weighted by atomic mass is 10.0. The minimum atomic E-state index is 0.0295. The van der Waals surface area contributed by atoms with Crippen molar-refractivity contribution in [2.24, 2.45) is 11.8 Å². The number of hydrogen-bond donors (Lipinski definition) is 2. The topological polar surface area (TPSA) is 44.4 Å². The van der Waals surface area contributed by atoms with Crippen LogP contribution < -0.4 is 10.6 Å². The van der Waals surface area contributed by atoms with Gasteiger partial charge in [0.05, 0.1) is 0 Å². The van der Waals surface area contributed by atoms with E-state index in [0.717, 1.165) is 19.5 Å². The number of nitrogens with one attached hydrogen (secondary N) is 2. The molecule has 0 bridgehead atoms. The number of hydrogen-bond acceptors (Lipinski definition) is 3. The van der Waals surface area contributed by atoms with Crippen LogP contribution in [0, 0.1) is 11.8 Å². The molecule has 0 aliphatic heterocycles. The largest absolute Gasteiger partial charge is 0.354 e. The molecule has 1 amide bonds. The summed E-state index contributed by atoms with van der Waals surface area (Å²) < 4.78 is 0. The van der Waals surface area contributed by atoms with Gasteiger partial charge in [-0.1, -0.05) is 20.8 Å². The zero-order valence-corrected chi connectivity index (χ0v) is 12.2. The monoisotopic (exact) mass is 243 g/mol. The Bertz CT molecular complexity index is 217. The van der Waals surface area contributed by atoms with Crippen molar-refractivity contribution < 1.29 is 4.79 Å². The van der Waals surface area contributed by atoms with Crippen molar-refractivity contribution >= 4 is 5.91 Å². The molecule has 102 valence electrons. The van der Waals surface area contributed by atoms with Crippen LogP contribution in [-0.2, 0) is 4.79 Å². The lowest BCUT2D eigenvalue weighted by Gasteiger charge is -2.26. The average molecular weight is 243 g/mol. The van der Waals surface area contributed by atoms with E-state index in [2.05, 4.69) is 43.5 Å². The van der Waals surface area contributed by atoms with Crippen molar-refractivity contribution in [1.29, 1.82) is 0 Å². The first-order valence-electron chi connectivity index (χ1n) is 6.47. The Hall–Kier alpha value is -0.610. The third-order valence-electron chi connectivity index (χ3n) is 2.94. The molecule has 0 heterocycles. The lowest BCUT2D eigenvalue weighted by molar-refractivity contribution is -0.124. The van der Waals surface area contributed by atoms with Crippen LogP contribution in [0.25, 0.3) is 0 Å². The number of likely N-dealkylation sites (N-methyl/N-ethyl adjacent to an activating group) is 1. The number of carbonyl (C=O) groups is 1. The molecule has 2 unspecified atom stereocenters. The first-order chi connectivity index (χ1) is 7.88. The van der Waals surface area contributed by atoms with Gasteiger partial charge in [0.15, 0.2) is 0 Å². The molecule has 0 radical (unpaired) electrons. The number of nitrogens with zero attached hydrogens (tertiary/aromatic N) is 1. The molecule has 0 aromatic heterocycles. The predicted molar refractivity (Wildman–Crippen MR) is 73.0 cm³/mol. The van der Waals surface area contributed by atoms with Gasteiger partial charge in [0.1, 0.15) is 0 Å². The molecule has 0 spiro atoms. The summed E-state index contributed by atoms with van der Waals surface area (Å²) in [6.07, 6.45) is 1.10. The Kier molecular flexibility index (Phi) is 8.17. The second-order valence-electron chi connectivity index (χ2n) is 5.45. The maximum atomic E-state index is 11.8. The molecule has 0 aromatic carbocycles. The van der Waals surface area contributed by atoms with Crippen molar-refractivity contribution in [3.8, 4) is 0 Å². The van der Waals surface area contributed by atoms with Gasteiger partial charge >= 0.3 is 0 Å². The molecule has 0 aromatic rings. The van der Waals surface area contributed by atoms with Crippen molar-refractivity contribution in [1.82, 2.24) is 15.5 Å². The fraction of sp³-hybridized carbons (Fsp3) is 0.923. The predicted octanol–water partition coefficient (Wildman–Crippen LogP) is 0.934. The molecular formula is C13H29N3O. The smallest absolute Gasteiger partial charge is 0.224 e. The summed E-state index contributed by atoms with van der Waals surface area (Å²) >= 11 is 0.